The van der Waals surface area contributed by atoms with E-state index >= 15 is 0 Å². The maximum absolute atomic E-state index is 13.7. The summed E-state index contributed by atoms with van der Waals surface area (Å²) in [4.78, 5) is 0. The van der Waals surface area contributed by atoms with Gasteiger partial charge < -0.3 is 5.32 Å². The first kappa shape index (κ1) is 14.7. The number of aryl methyl sites for hydroxylation is 4. The van der Waals surface area contributed by atoms with Crippen molar-refractivity contribution in [3.8, 4) is 0 Å². The Hall–Kier alpha value is -1.67. The zero-order valence-electron chi connectivity index (χ0n) is 12.8. The summed E-state index contributed by atoms with van der Waals surface area (Å²) in [6, 6.07) is 9.63. The normalized spacial score (nSPS) is 12.5. The molecule has 2 aromatic rings. The standard InChI is InChI=1S/C18H22FN/c1-11-6-15(10-16(19)7-11)18(20-5)17-9-13(3)12(2)8-14(17)4/h6-10,18,20H,1-5H3. The van der Waals surface area contributed by atoms with Gasteiger partial charge in [0.2, 0.25) is 0 Å². The minimum absolute atomic E-state index is 0.0173. The molecule has 0 saturated carbocycles. The van der Waals surface area contributed by atoms with Crippen molar-refractivity contribution in [3.05, 3.63) is 69.5 Å². The van der Waals surface area contributed by atoms with Gasteiger partial charge in [-0.05, 0) is 80.3 Å². The van der Waals surface area contributed by atoms with Crippen LogP contribution in [-0.4, -0.2) is 7.05 Å². The average Bonchev–Trinajstić information content (AvgIpc) is 2.35. The minimum atomic E-state index is -0.179. The molecule has 2 heteroatoms. The molecule has 0 bridgehead atoms. The van der Waals surface area contributed by atoms with Gasteiger partial charge in [0.05, 0.1) is 6.04 Å². The van der Waals surface area contributed by atoms with Crippen molar-refractivity contribution in [2.24, 2.45) is 0 Å². The molecule has 0 aliphatic rings. The molecule has 1 atom stereocenters. The quantitative estimate of drug-likeness (QED) is 0.874. The maximum Gasteiger partial charge on any atom is 0.123 e. The largest absolute Gasteiger partial charge is 0.309 e. The van der Waals surface area contributed by atoms with Crippen LogP contribution < -0.4 is 5.32 Å². The number of halogens is 1. The minimum Gasteiger partial charge on any atom is -0.309 e. The van der Waals surface area contributed by atoms with Crippen molar-refractivity contribution >= 4 is 0 Å². The molecular weight excluding hydrogens is 249 g/mol. The Kier molecular flexibility index (Phi) is 4.24. The highest BCUT2D eigenvalue weighted by Crippen LogP contribution is 2.28. The number of hydrogen-bond acceptors (Lipinski definition) is 1. The predicted molar refractivity (Wildman–Crippen MR) is 82.7 cm³/mol. The SMILES string of the molecule is CNC(c1cc(C)cc(F)c1)c1cc(C)c(C)cc1C. The van der Waals surface area contributed by atoms with E-state index in [9.17, 15) is 4.39 Å². The highest BCUT2D eigenvalue weighted by Gasteiger charge is 2.16. The van der Waals surface area contributed by atoms with Gasteiger partial charge in [0.15, 0.2) is 0 Å². The van der Waals surface area contributed by atoms with Crippen LogP contribution in [-0.2, 0) is 0 Å². The van der Waals surface area contributed by atoms with Crippen LogP contribution in [0.1, 0.15) is 39.4 Å². The highest BCUT2D eigenvalue weighted by atomic mass is 19.1. The average molecular weight is 271 g/mol. The molecule has 1 N–H and O–H groups in total. The Labute approximate surface area is 120 Å². The summed E-state index contributed by atoms with van der Waals surface area (Å²) < 4.78 is 13.7. The zero-order valence-corrected chi connectivity index (χ0v) is 12.8. The fourth-order valence-electron chi connectivity index (χ4n) is 2.73. The van der Waals surface area contributed by atoms with Crippen LogP contribution in [0.15, 0.2) is 30.3 Å². The first-order valence-corrected chi connectivity index (χ1v) is 6.94. The van der Waals surface area contributed by atoms with Crippen LogP contribution in [0.4, 0.5) is 4.39 Å². The van der Waals surface area contributed by atoms with Crippen molar-refractivity contribution < 1.29 is 4.39 Å². The summed E-state index contributed by atoms with van der Waals surface area (Å²) in [6.07, 6.45) is 0. The van der Waals surface area contributed by atoms with Crippen molar-refractivity contribution in [1.82, 2.24) is 5.32 Å². The molecule has 2 aromatic carbocycles. The third-order valence-corrected chi connectivity index (χ3v) is 3.88. The molecule has 106 valence electrons. The Morgan fingerprint density at radius 2 is 1.50 bits per heavy atom. The third kappa shape index (κ3) is 2.91. The molecule has 1 unspecified atom stereocenters. The van der Waals surface area contributed by atoms with Crippen molar-refractivity contribution in [3.63, 3.8) is 0 Å². The second-order valence-corrected chi connectivity index (χ2v) is 5.58. The molecule has 0 spiro atoms. The van der Waals surface area contributed by atoms with Gasteiger partial charge in [-0.3, -0.25) is 0 Å². The topological polar surface area (TPSA) is 12.0 Å². The molecule has 0 radical (unpaired) electrons. The molecule has 1 nitrogen and oxygen atoms in total. The van der Waals surface area contributed by atoms with E-state index in [0.717, 1.165) is 11.1 Å². The lowest BCUT2D eigenvalue weighted by molar-refractivity contribution is 0.614. The first-order chi connectivity index (χ1) is 9.42. The van der Waals surface area contributed by atoms with E-state index in [4.69, 9.17) is 0 Å². The molecule has 0 amide bonds. The van der Waals surface area contributed by atoms with Gasteiger partial charge in [-0.25, -0.2) is 4.39 Å². The molecule has 0 heterocycles. The van der Waals surface area contributed by atoms with Crippen molar-refractivity contribution in [1.29, 1.82) is 0 Å². The van der Waals surface area contributed by atoms with Crippen LogP contribution in [0.5, 0.6) is 0 Å². The molecule has 2 rings (SSSR count). The second-order valence-electron chi connectivity index (χ2n) is 5.58. The zero-order chi connectivity index (χ0) is 14.9. The fourth-order valence-corrected chi connectivity index (χ4v) is 2.73. The summed E-state index contributed by atoms with van der Waals surface area (Å²) in [7, 11) is 1.92. The first-order valence-electron chi connectivity index (χ1n) is 6.94. The van der Waals surface area contributed by atoms with Gasteiger partial charge in [0.25, 0.3) is 0 Å². The van der Waals surface area contributed by atoms with Gasteiger partial charge in [-0.2, -0.15) is 0 Å². The van der Waals surface area contributed by atoms with Crippen LogP contribution in [0.25, 0.3) is 0 Å². The van der Waals surface area contributed by atoms with E-state index in [0.29, 0.717) is 0 Å². The summed E-state index contributed by atoms with van der Waals surface area (Å²) in [5.74, 6) is -0.179. The summed E-state index contributed by atoms with van der Waals surface area (Å²) in [5.41, 5.74) is 6.91. The molecule has 0 fully saturated rings. The van der Waals surface area contributed by atoms with Crippen LogP contribution in [0.3, 0.4) is 0 Å². The van der Waals surface area contributed by atoms with Gasteiger partial charge in [0.1, 0.15) is 5.82 Å². The predicted octanol–water partition coefficient (Wildman–Crippen LogP) is 4.37. The molecule has 0 aromatic heterocycles. The van der Waals surface area contributed by atoms with Crippen LogP contribution in [0.2, 0.25) is 0 Å². The number of rotatable bonds is 3. The lowest BCUT2D eigenvalue weighted by Crippen LogP contribution is -2.19. The second kappa shape index (κ2) is 5.76. The maximum atomic E-state index is 13.7. The van der Waals surface area contributed by atoms with E-state index in [1.54, 1.807) is 12.1 Å². The van der Waals surface area contributed by atoms with Crippen LogP contribution >= 0.6 is 0 Å². The molecule has 0 aliphatic heterocycles. The van der Waals surface area contributed by atoms with Crippen molar-refractivity contribution in [2.45, 2.75) is 33.7 Å². The third-order valence-electron chi connectivity index (χ3n) is 3.88. The molecular formula is C18H22FN. The Balaban J connectivity index is 2.55. The van der Waals surface area contributed by atoms with Gasteiger partial charge in [-0.1, -0.05) is 18.2 Å². The number of benzene rings is 2. The monoisotopic (exact) mass is 271 g/mol. The Bertz CT molecular complexity index is 611. The fraction of sp³-hybridized carbons (Fsp3) is 0.333. The van der Waals surface area contributed by atoms with Gasteiger partial charge in [-0.15, -0.1) is 0 Å². The summed E-state index contributed by atoms with van der Waals surface area (Å²) in [6.45, 7) is 8.26. The smallest absolute Gasteiger partial charge is 0.123 e. The van der Waals surface area contributed by atoms with Gasteiger partial charge >= 0.3 is 0 Å². The molecule has 0 saturated heterocycles. The Morgan fingerprint density at radius 1 is 0.850 bits per heavy atom. The lowest BCUT2D eigenvalue weighted by atomic mass is 9.91. The highest BCUT2D eigenvalue weighted by molar-refractivity contribution is 5.43. The van der Waals surface area contributed by atoms with Crippen LogP contribution in [0, 0.1) is 33.5 Å². The number of nitrogens with one attached hydrogen (secondary N) is 1. The van der Waals surface area contributed by atoms with E-state index in [1.807, 2.05) is 20.0 Å². The van der Waals surface area contributed by atoms with Crippen molar-refractivity contribution in [2.75, 3.05) is 7.05 Å². The molecule has 0 aliphatic carbocycles. The summed E-state index contributed by atoms with van der Waals surface area (Å²) >= 11 is 0. The van der Waals surface area contributed by atoms with E-state index in [-0.39, 0.29) is 11.9 Å². The Morgan fingerprint density at radius 3 is 2.10 bits per heavy atom. The summed E-state index contributed by atoms with van der Waals surface area (Å²) in [5, 5.41) is 3.31. The number of hydrogen-bond donors (Lipinski definition) is 1. The van der Waals surface area contributed by atoms with Gasteiger partial charge in [0, 0.05) is 0 Å². The van der Waals surface area contributed by atoms with E-state index in [1.165, 1.54) is 22.3 Å². The lowest BCUT2D eigenvalue weighted by Gasteiger charge is -2.21. The molecule has 20 heavy (non-hydrogen) atoms. The van der Waals surface area contributed by atoms with E-state index < -0.39 is 0 Å². The van der Waals surface area contributed by atoms with E-state index in [2.05, 4.69) is 38.2 Å².